The fraction of sp³-hybridized carbons (Fsp3) is 0.625. The SMILES string of the molecule is CC(C)[C@@H]1CC[C@@H](C)C[C@H]1Oc1ccc(F)c(B(O)O)c1. The molecule has 0 saturated heterocycles. The van der Waals surface area contributed by atoms with Crippen LogP contribution in [0.1, 0.15) is 40.0 Å². The fourth-order valence-corrected chi connectivity index (χ4v) is 3.22. The highest BCUT2D eigenvalue weighted by molar-refractivity contribution is 6.58. The minimum absolute atomic E-state index is 0.0999. The summed E-state index contributed by atoms with van der Waals surface area (Å²) >= 11 is 0. The first-order chi connectivity index (χ1) is 9.88. The van der Waals surface area contributed by atoms with Crippen molar-refractivity contribution >= 4 is 12.6 Å². The Hall–Kier alpha value is -1.07. The monoisotopic (exact) mass is 294 g/mol. The number of ether oxygens (including phenoxy) is 1. The molecule has 5 heteroatoms. The van der Waals surface area contributed by atoms with Gasteiger partial charge in [0, 0.05) is 5.46 Å². The maximum Gasteiger partial charge on any atom is 0.491 e. The van der Waals surface area contributed by atoms with Gasteiger partial charge >= 0.3 is 7.12 Å². The number of hydrogen-bond donors (Lipinski definition) is 2. The van der Waals surface area contributed by atoms with Crippen molar-refractivity contribution in [3.05, 3.63) is 24.0 Å². The molecule has 1 aliphatic carbocycles. The smallest absolute Gasteiger partial charge is 0.490 e. The third kappa shape index (κ3) is 3.98. The molecule has 3 atom stereocenters. The van der Waals surface area contributed by atoms with Gasteiger partial charge in [0.2, 0.25) is 0 Å². The summed E-state index contributed by atoms with van der Waals surface area (Å²) < 4.78 is 19.5. The van der Waals surface area contributed by atoms with Crippen LogP contribution in [0, 0.1) is 23.6 Å². The van der Waals surface area contributed by atoms with Crippen LogP contribution in [0.5, 0.6) is 5.75 Å². The summed E-state index contributed by atoms with van der Waals surface area (Å²) in [5, 5.41) is 18.4. The summed E-state index contributed by atoms with van der Waals surface area (Å²) in [7, 11) is -1.82. The van der Waals surface area contributed by atoms with E-state index in [2.05, 4.69) is 20.8 Å². The molecule has 2 rings (SSSR count). The Morgan fingerprint density at radius 3 is 2.62 bits per heavy atom. The van der Waals surface area contributed by atoms with E-state index in [0.29, 0.717) is 23.5 Å². The fourth-order valence-electron chi connectivity index (χ4n) is 3.22. The highest BCUT2D eigenvalue weighted by Crippen LogP contribution is 2.35. The minimum atomic E-state index is -1.82. The molecule has 1 aromatic carbocycles. The molecule has 1 fully saturated rings. The van der Waals surface area contributed by atoms with Gasteiger partial charge in [-0.25, -0.2) is 4.39 Å². The third-order valence-electron chi connectivity index (χ3n) is 4.49. The quantitative estimate of drug-likeness (QED) is 0.838. The predicted molar refractivity (Wildman–Crippen MR) is 82.0 cm³/mol. The lowest BCUT2D eigenvalue weighted by molar-refractivity contribution is 0.0460. The van der Waals surface area contributed by atoms with E-state index in [-0.39, 0.29) is 11.6 Å². The van der Waals surface area contributed by atoms with E-state index in [1.807, 2.05) is 0 Å². The minimum Gasteiger partial charge on any atom is -0.490 e. The van der Waals surface area contributed by atoms with Crippen LogP contribution in [0.3, 0.4) is 0 Å². The standard InChI is InChI=1S/C16H24BFO3/c1-10(2)13-6-4-11(3)8-16(13)21-12-5-7-15(18)14(9-12)17(19)20/h5,7,9-11,13,16,19-20H,4,6,8H2,1-3H3/t11-,13+,16-/m1/s1. The third-order valence-corrected chi connectivity index (χ3v) is 4.49. The second kappa shape index (κ2) is 6.80. The Bertz CT molecular complexity index is 479. The van der Waals surface area contributed by atoms with E-state index in [4.69, 9.17) is 4.74 Å². The first-order valence-corrected chi connectivity index (χ1v) is 7.70. The topological polar surface area (TPSA) is 49.7 Å². The van der Waals surface area contributed by atoms with Gasteiger partial charge in [-0.1, -0.05) is 27.2 Å². The first-order valence-electron chi connectivity index (χ1n) is 7.70. The molecule has 116 valence electrons. The van der Waals surface area contributed by atoms with Crippen molar-refractivity contribution in [2.24, 2.45) is 17.8 Å². The van der Waals surface area contributed by atoms with Crippen LogP contribution in [0.15, 0.2) is 18.2 Å². The van der Waals surface area contributed by atoms with Gasteiger partial charge < -0.3 is 14.8 Å². The molecule has 0 spiro atoms. The van der Waals surface area contributed by atoms with Crippen molar-refractivity contribution in [1.82, 2.24) is 0 Å². The van der Waals surface area contributed by atoms with Crippen LogP contribution >= 0.6 is 0 Å². The average molecular weight is 294 g/mol. The molecule has 0 amide bonds. The summed E-state index contributed by atoms with van der Waals surface area (Å²) in [5.74, 6) is 1.51. The Morgan fingerprint density at radius 2 is 2.00 bits per heavy atom. The van der Waals surface area contributed by atoms with Crippen molar-refractivity contribution in [3.63, 3.8) is 0 Å². The van der Waals surface area contributed by atoms with Gasteiger partial charge in [-0.05, 0) is 48.8 Å². The van der Waals surface area contributed by atoms with E-state index >= 15 is 0 Å². The van der Waals surface area contributed by atoms with Gasteiger partial charge in [-0.3, -0.25) is 0 Å². The highest BCUT2D eigenvalue weighted by atomic mass is 19.1. The van der Waals surface area contributed by atoms with Crippen molar-refractivity contribution in [2.75, 3.05) is 0 Å². The molecule has 3 nitrogen and oxygen atoms in total. The first kappa shape index (κ1) is 16.3. The normalized spacial score (nSPS) is 26.0. The van der Waals surface area contributed by atoms with Crippen LogP contribution in [-0.4, -0.2) is 23.3 Å². The molecular formula is C16H24BFO3. The van der Waals surface area contributed by atoms with Gasteiger partial charge in [0.25, 0.3) is 0 Å². The van der Waals surface area contributed by atoms with Crippen LogP contribution < -0.4 is 10.2 Å². The molecule has 1 aliphatic rings. The summed E-state index contributed by atoms with van der Waals surface area (Å²) in [6.45, 7) is 6.62. The van der Waals surface area contributed by atoms with Crippen LogP contribution in [0.2, 0.25) is 0 Å². The molecule has 0 heterocycles. The van der Waals surface area contributed by atoms with E-state index in [1.54, 1.807) is 6.07 Å². The number of benzene rings is 1. The number of rotatable bonds is 4. The zero-order valence-corrected chi connectivity index (χ0v) is 12.9. The molecule has 0 aromatic heterocycles. The Balaban J connectivity index is 2.17. The van der Waals surface area contributed by atoms with Crippen molar-refractivity contribution in [2.45, 2.75) is 46.1 Å². The summed E-state index contributed by atoms with van der Waals surface area (Å²) in [6, 6.07) is 4.16. The molecule has 2 N–H and O–H groups in total. The number of hydrogen-bond acceptors (Lipinski definition) is 3. The van der Waals surface area contributed by atoms with E-state index in [9.17, 15) is 14.4 Å². The van der Waals surface area contributed by atoms with Gasteiger partial charge in [0.1, 0.15) is 17.7 Å². The van der Waals surface area contributed by atoms with E-state index in [0.717, 1.165) is 12.8 Å². The Kier molecular flexibility index (Phi) is 5.28. The van der Waals surface area contributed by atoms with Crippen LogP contribution in [-0.2, 0) is 0 Å². The van der Waals surface area contributed by atoms with Crippen LogP contribution in [0.4, 0.5) is 4.39 Å². The summed E-state index contributed by atoms with van der Waals surface area (Å²) in [6.07, 6.45) is 3.44. The second-order valence-corrected chi connectivity index (χ2v) is 6.54. The molecule has 0 aliphatic heterocycles. The lowest BCUT2D eigenvalue weighted by Crippen LogP contribution is -2.37. The maximum atomic E-state index is 13.5. The largest absolute Gasteiger partial charge is 0.491 e. The number of halogens is 1. The molecule has 1 saturated carbocycles. The zero-order valence-electron chi connectivity index (χ0n) is 12.9. The second-order valence-electron chi connectivity index (χ2n) is 6.54. The Morgan fingerprint density at radius 1 is 1.29 bits per heavy atom. The molecule has 0 radical (unpaired) electrons. The predicted octanol–water partition coefficient (Wildman–Crippen LogP) is 2.35. The molecule has 21 heavy (non-hydrogen) atoms. The van der Waals surface area contributed by atoms with Gasteiger partial charge in [0.05, 0.1) is 0 Å². The van der Waals surface area contributed by atoms with Crippen molar-refractivity contribution in [3.8, 4) is 5.75 Å². The van der Waals surface area contributed by atoms with Crippen molar-refractivity contribution in [1.29, 1.82) is 0 Å². The molecule has 0 bridgehead atoms. The molecular weight excluding hydrogens is 270 g/mol. The molecule has 0 unspecified atom stereocenters. The van der Waals surface area contributed by atoms with E-state index in [1.165, 1.54) is 18.6 Å². The van der Waals surface area contributed by atoms with Gasteiger partial charge in [0.15, 0.2) is 0 Å². The average Bonchev–Trinajstić information content (AvgIpc) is 2.40. The van der Waals surface area contributed by atoms with Crippen LogP contribution in [0.25, 0.3) is 0 Å². The van der Waals surface area contributed by atoms with Crippen molar-refractivity contribution < 1.29 is 19.2 Å². The van der Waals surface area contributed by atoms with E-state index < -0.39 is 12.9 Å². The van der Waals surface area contributed by atoms with Gasteiger partial charge in [-0.15, -0.1) is 0 Å². The zero-order chi connectivity index (χ0) is 15.6. The Labute approximate surface area is 126 Å². The summed E-state index contributed by atoms with van der Waals surface area (Å²) in [5.41, 5.74) is -0.141. The molecule has 1 aromatic rings. The summed E-state index contributed by atoms with van der Waals surface area (Å²) in [4.78, 5) is 0. The maximum absolute atomic E-state index is 13.5. The lowest BCUT2D eigenvalue weighted by atomic mass is 9.75. The highest BCUT2D eigenvalue weighted by Gasteiger charge is 2.32. The lowest BCUT2D eigenvalue weighted by Gasteiger charge is -2.37. The van der Waals surface area contributed by atoms with Gasteiger partial charge in [-0.2, -0.15) is 0 Å².